The number of hydrogen-bond acceptors (Lipinski definition) is 7. The highest BCUT2D eigenvalue weighted by molar-refractivity contribution is 5.95. The minimum atomic E-state index is -0.918. The Bertz CT molecular complexity index is 1360. The minimum Gasteiger partial charge on any atom is -0.490 e. The molecule has 0 radical (unpaired) electrons. The predicted octanol–water partition coefficient (Wildman–Crippen LogP) is 4.04. The van der Waals surface area contributed by atoms with Crippen LogP contribution in [0.1, 0.15) is 32.4 Å². The number of nitrogens with one attached hydrogen (secondary N) is 2. The minimum absolute atomic E-state index is 0.0971. The van der Waals surface area contributed by atoms with Crippen LogP contribution in [0, 0.1) is 10.1 Å². The summed E-state index contributed by atoms with van der Waals surface area (Å²) >= 11 is 0. The maximum Gasteiger partial charge on any atom is 0.338 e. The van der Waals surface area contributed by atoms with Crippen LogP contribution >= 0.6 is 0 Å². The van der Waals surface area contributed by atoms with Crippen molar-refractivity contribution < 1.29 is 24.0 Å². The Labute approximate surface area is 206 Å². The monoisotopic (exact) mass is 491 g/mol. The molecule has 0 saturated heterocycles. The lowest BCUT2D eigenvalue weighted by atomic mass is 9.93. The van der Waals surface area contributed by atoms with E-state index in [9.17, 15) is 19.7 Å². The van der Waals surface area contributed by atoms with Crippen LogP contribution in [0.5, 0.6) is 5.75 Å². The molecule has 0 spiro atoms. The number of carbonyl (C=O) groups is 2. The lowest BCUT2D eigenvalue weighted by Gasteiger charge is -2.28. The number of rotatable bonds is 7. The van der Waals surface area contributed by atoms with E-state index in [-0.39, 0.29) is 23.1 Å². The number of para-hydroxylation sites is 1. The van der Waals surface area contributed by atoms with Crippen molar-refractivity contribution in [2.75, 3.05) is 7.11 Å². The highest BCUT2D eigenvalue weighted by atomic mass is 16.6. The fourth-order valence-electron chi connectivity index (χ4n) is 3.99. The van der Waals surface area contributed by atoms with Crippen molar-refractivity contribution in [2.24, 2.45) is 0 Å². The van der Waals surface area contributed by atoms with Gasteiger partial charge >= 0.3 is 17.7 Å². The molecule has 1 aliphatic heterocycles. The summed E-state index contributed by atoms with van der Waals surface area (Å²) in [6.07, 6.45) is 1.30. The van der Waals surface area contributed by atoms with Gasteiger partial charge in [-0.2, -0.15) is 5.10 Å². The Morgan fingerprint density at radius 3 is 2.56 bits per heavy atom. The standard InChI is InChI=1S/C25H25N5O6/c1-14(2)36-24(31)21-15(3)26-25(32)27-23(21)18-13-29(17-8-6-5-7-9-17)28-22(18)16-10-11-20(35-4)19(12-16)30(33)34/h5-14,23H,1-4H3,(H2,26,27,32)/t23-/m1/s1. The Balaban J connectivity index is 1.94. The third-order valence-corrected chi connectivity index (χ3v) is 5.56. The number of hydrogen-bond donors (Lipinski definition) is 2. The molecule has 4 rings (SSSR count). The number of esters is 1. The van der Waals surface area contributed by atoms with E-state index in [1.54, 1.807) is 37.7 Å². The summed E-state index contributed by atoms with van der Waals surface area (Å²) in [6, 6.07) is 12.3. The maximum absolute atomic E-state index is 13.1. The Morgan fingerprint density at radius 2 is 1.92 bits per heavy atom. The molecule has 11 heteroatoms. The first-order valence-corrected chi connectivity index (χ1v) is 11.2. The van der Waals surface area contributed by atoms with E-state index in [1.807, 2.05) is 30.3 Å². The van der Waals surface area contributed by atoms with Crippen molar-refractivity contribution in [3.8, 4) is 22.7 Å². The molecule has 2 aromatic carbocycles. The first-order valence-electron chi connectivity index (χ1n) is 11.2. The lowest BCUT2D eigenvalue weighted by Crippen LogP contribution is -2.45. The van der Waals surface area contributed by atoms with Crippen molar-refractivity contribution >= 4 is 17.7 Å². The van der Waals surface area contributed by atoms with Crippen molar-refractivity contribution in [3.63, 3.8) is 0 Å². The van der Waals surface area contributed by atoms with Gasteiger partial charge in [-0.3, -0.25) is 10.1 Å². The molecule has 0 aliphatic carbocycles. The van der Waals surface area contributed by atoms with Crippen LogP contribution < -0.4 is 15.4 Å². The van der Waals surface area contributed by atoms with Gasteiger partial charge in [-0.1, -0.05) is 18.2 Å². The fraction of sp³-hybridized carbons (Fsp3) is 0.240. The summed E-state index contributed by atoms with van der Waals surface area (Å²) in [5.74, 6) is -0.501. The normalized spacial score (nSPS) is 15.4. The van der Waals surface area contributed by atoms with Gasteiger partial charge in [-0.25, -0.2) is 14.3 Å². The summed E-state index contributed by atoms with van der Waals surface area (Å²) in [7, 11) is 1.35. The van der Waals surface area contributed by atoms with Gasteiger partial charge in [-0.15, -0.1) is 0 Å². The lowest BCUT2D eigenvalue weighted by molar-refractivity contribution is -0.385. The Morgan fingerprint density at radius 1 is 1.19 bits per heavy atom. The number of aromatic nitrogens is 2. The third kappa shape index (κ3) is 4.76. The van der Waals surface area contributed by atoms with Crippen LogP contribution in [0.15, 0.2) is 66.0 Å². The zero-order valence-electron chi connectivity index (χ0n) is 20.1. The van der Waals surface area contributed by atoms with Crippen molar-refractivity contribution in [3.05, 3.63) is 81.7 Å². The summed E-state index contributed by atoms with van der Waals surface area (Å²) < 4.78 is 12.2. The van der Waals surface area contributed by atoms with Crippen LogP contribution in [0.3, 0.4) is 0 Å². The van der Waals surface area contributed by atoms with Gasteiger partial charge in [0.1, 0.15) is 0 Å². The second-order valence-electron chi connectivity index (χ2n) is 8.38. The van der Waals surface area contributed by atoms with E-state index in [0.29, 0.717) is 22.5 Å². The predicted molar refractivity (Wildman–Crippen MR) is 131 cm³/mol. The van der Waals surface area contributed by atoms with Crippen molar-refractivity contribution in [1.29, 1.82) is 0 Å². The molecule has 2 N–H and O–H groups in total. The van der Waals surface area contributed by atoms with Crippen molar-refractivity contribution in [2.45, 2.75) is 32.9 Å². The molecule has 0 bridgehead atoms. The van der Waals surface area contributed by atoms with Crippen LogP contribution in [0.25, 0.3) is 16.9 Å². The quantitative estimate of drug-likeness (QED) is 0.289. The summed E-state index contributed by atoms with van der Waals surface area (Å²) in [5.41, 5.74) is 2.25. The zero-order chi connectivity index (χ0) is 26.0. The van der Waals surface area contributed by atoms with E-state index in [1.165, 1.54) is 19.2 Å². The van der Waals surface area contributed by atoms with Crippen molar-refractivity contribution in [1.82, 2.24) is 20.4 Å². The summed E-state index contributed by atoms with van der Waals surface area (Å²) in [4.78, 5) is 36.6. The summed E-state index contributed by atoms with van der Waals surface area (Å²) in [6.45, 7) is 5.07. The number of benzene rings is 2. The average molecular weight is 492 g/mol. The van der Waals surface area contributed by atoms with Gasteiger partial charge in [0.2, 0.25) is 0 Å². The molecule has 11 nitrogen and oxygen atoms in total. The van der Waals surface area contributed by atoms with Crippen LogP contribution in [-0.4, -0.2) is 39.9 Å². The van der Waals surface area contributed by atoms with Gasteiger partial charge in [0.25, 0.3) is 0 Å². The van der Waals surface area contributed by atoms with E-state index in [2.05, 4.69) is 10.6 Å². The number of nitro benzene ring substituents is 1. The molecule has 1 atom stereocenters. The van der Waals surface area contributed by atoms with Gasteiger partial charge in [0.05, 0.1) is 41.1 Å². The number of amides is 2. The number of nitrogens with zero attached hydrogens (tertiary/aromatic N) is 3. The zero-order valence-corrected chi connectivity index (χ0v) is 20.1. The number of carbonyl (C=O) groups excluding carboxylic acids is 2. The summed E-state index contributed by atoms with van der Waals surface area (Å²) in [5, 5.41) is 21.8. The fourth-order valence-corrected chi connectivity index (χ4v) is 3.99. The highest BCUT2D eigenvalue weighted by Crippen LogP contribution is 2.38. The Hall–Kier alpha value is -4.67. The van der Waals surface area contributed by atoms with Gasteiger partial charge in [0, 0.05) is 29.1 Å². The molecule has 2 heterocycles. The van der Waals surface area contributed by atoms with Crippen LogP contribution in [-0.2, 0) is 9.53 Å². The first kappa shape index (κ1) is 24.5. The van der Waals surface area contributed by atoms with E-state index in [4.69, 9.17) is 14.6 Å². The molecule has 1 aliphatic rings. The second kappa shape index (κ2) is 9.90. The van der Waals surface area contributed by atoms with E-state index < -0.39 is 23.0 Å². The largest absolute Gasteiger partial charge is 0.490 e. The smallest absolute Gasteiger partial charge is 0.338 e. The molecule has 0 fully saturated rings. The Kier molecular flexibility index (Phi) is 6.73. The molecule has 3 aromatic rings. The molecule has 1 aromatic heterocycles. The van der Waals surface area contributed by atoms with E-state index in [0.717, 1.165) is 5.69 Å². The molecule has 36 heavy (non-hydrogen) atoms. The SMILES string of the molecule is COc1ccc(-c2nn(-c3ccccc3)cc2[C@H]2NC(=O)NC(C)=C2C(=O)OC(C)C)cc1[N+](=O)[O-]. The van der Waals surface area contributed by atoms with Gasteiger partial charge < -0.3 is 20.1 Å². The molecular formula is C25H25N5O6. The van der Waals surface area contributed by atoms with Crippen LogP contribution in [0.4, 0.5) is 10.5 Å². The second-order valence-corrected chi connectivity index (χ2v) is 8.38. The molecule has 0 unspecified atom stereocenters. The molecular weight excluding hydrogens is 466 g/mol. The average Bonchev–Trinajstić information content (AvgIpc) is 3.28. The van der Waals surface area contributed by atoms with E-state index >= 15 is 0 Å². The molecule has 0 saturated carbocycles. The van der Waals surface area contributed by atoms with Crippen LogP contribution in [0.2, 0.25) is 0 Å². The topological polar surface area (TPSA) is 138 Å². The molecule has 186 valence electrons. The highest BCUT2D eigenvalue weighted by Gasteiger charge is 2.36. The third-order valence-electron chi connectivity index (χ3n) is 5.56. The molecule has 2 amide bonds. The number of ether oxygens (including phenoxy) is 2. The number of allylic oxidation sites excluding steroid dienone is 1. The number of urea groups is 1. The number of nitro groups is 1. The van der Waals surface area contributed by atoms with Gasteiger partial charge in [0.15, 0.2) is 5.75 Å². The van der Waals surface area contributed by atoms with Gasteiger partial charge in [-0.05, 0) is 45.0 Å². The maximum atomic E-state index is 13.1. The number of methoxy groups -OCH3 is 1. The first-order chi connectivity index (χ1) is 17.2.